The molecule has 2 heterocycles. The lowest BCUT2D eigenvalue weighted by Gasteiger charge is -2.22. The second-order valence-corrected chi connectivity index (χ2v) is 6.70. The number of aromatic nitrogens is 4. The van der Waals surface area contributed by atoms with Crippen molar-refractivity contribution in [2.75, 3.05) is 19.8 Å². The Morgan fingerprint density at radius 1 is 1.08 bits per heavy atom. The number of rotatable bonds is 8. The van der Waals surface area contributed by atoms with Crippen LogP contribution in [-0.2, 0) is 17.6 Å². The molecule has 1 aliphatic carbocycles. The highest BCUT2D eigenvalue weighted by Gasteiger charge is 2.14. The van der Waals surface area contributed by atoms with Gasteiger partial charge in [-0.2, -0.15) is 0 Å². The summed E-state index contributed by atoms with van der Waals surface area (Å²) in [6, 6.07) is 0.0686. The van der Waals surface area contributed by atoms with Gasteiger partial charge in [0.15, 0.2) is 0 Å². The van der Waals surface area contributed by atoms with Crippen LogP contribution in [0.2, 0.25) is 0 Å². The second-order valence-electron chi connectivity index (χ2n) is 6.70. The fraction of sp³-hybridized carbons (Fsp3) is 0.667. The quantitative estimate of drug-likeness (QED) is 0.580. The molecule has 2 aromatic rings. The lowest BCUT2D eigenvalue weighted by atomic mass is 9.90. The summed E-state index contributed by atoms with van der Waals surface area (Å²) >= 11 is 0. The monoisotopic (exact) mass is 348 g/mol. The Balaban J connectivity index is 0.000000236. The van der Waals surface area contributed by atoms with Crippen molar-refractivity contribution in [2.45, 2.75) is 51.0 Å². The van der Waals surface area contributed by atoms with Crippen molar-refractivity contribution in [3.63, 3.8) is 0 Å². The first-order valence-electron chi connectivity index (χ1n) is 9.25. The van der Waals surface area contributed by atoms with E-state index >= 15 is 0 Å². The molecule has 0 unspecified atom stereocenters. The SMILES string of the molecule is NCCc1cnc[nH]1.N[C@H](COCC1CCCCC1)Cc1cnc[nH]1. The normalized spacial score (nSPS) is 16.2. The molecule has 6 N–H and O–H groups in total. The second kappa shape index (κ2) is 11.8. The number of nitrogens with zero attached hydrogens (tertiary/aromatic N) is 2. The zero-order valence-corrected chi connectivity index (χ0v) is 15.0. The zero-order valence-electron chi connectivity index (χ0n) is 15.0. The van der Waals surface area contributed by atoms with Gasteiger partial charge >= 0.3 is 0 Å². The van der Waals surface area contributed by atoms with Crippen LogP contribution in [0.1, 0.15) is 43.5 Å². The van der Waals surface area contributed by atoms with Crippen molar-refractivity contribution in [1.29, 1.82) is 0 Å². The van der Waals surface area contributed by atoms with Crippen LogP contribution in [0.4, 0.5) is 0 Å². The molecule has 0 radical (unpaired) electrons. The maximum atomic E-state index is 6.01. The third-order valence-electron chi connectivity index (χ3n) is 4.42. The number of aromatic amines is 2. The van der Waals surface area contributed by atoms with Gasteiger partial charge in [0.25, 0.3) is 0 Å². The predicted molar refractivity (Wildman–Crippen MR) is 99.0 cm³/mol. The molecule has 1 saturated carbocycles. The maximum absolute atomic E-state index is 6.01. The van der Waals surface area contributed by atoms with Crippen LogP contribution >= 0.6 is 0 Å². The number of imidazole rings is 2. The molecule has 0 saturated heterocycles. The summed E-state index contributed by atoms with van der Waals surface area (Å²) in [7, 11) is 0. The molecule has 1 atom stereocenters. The summed E-state index contributed by atoms with van der Waals surface area (Å²) in [6.07, 6.45) is 15.4. The van der Waals surface area contributed by atoms with Gasteiger partial charge in [-0.1, -0.05) is 19.3 Å². The molecule has 140 valence electrons. The van der Waals surface area contributed by atoms with E-state index in [0.717, 1.165) is 36.8 Å². The molecule has 25 heavy (non-hydrogen) atoms. The zero-order chi connectivity index (χ0) is 17.7. The first-order valence-corrected chi connectivity index (χ1v) is 9.25. The molecule has 1 aliphatic rings. The van der Waals surface area contributed by atoms with Crippen molar-refractivity contribution < 1.29 is 4.74 Å². The summed E-state index contributed by atoms with van der Waals surface area (Å²) in [5.74, 6) is 0.767. The van der Waals surface area contributed by atoms with E-state index in [4.69, 9.17) is 16.2 Å². The minimum absolute atomic E-state index is 0.0686. The number of H-pyrrole nitrogens is 2. The van der Waals surface area contributed by atoms with Crippen LogP contribution in [0, 0.1) is 5.92 Å². The lowest BCUT2D eigenvalue weighted by molar-refractivity contribution is 0.0758. The van der Waals surface area contributed by atoms with Crippen LogP contribution in [0.5, 0.6) is 0 Å². The van der Waals surface area contributed by atoms with Gasteiger partial charge in [-0.25, -0.2) is 9.97 Å². The number of ether oxygens (including phenoxy) is 1. The minimum atomic E-state index is 0.0686. The molecule has 1 fully saturated rings. The van der Waals surface area contributed by atoms with E-state index < -0.39 is 0 Å². The van der Waals surface area contributed by atoms with Gasteiger partial charge in [0.2, 0.25) is 0 Å². The van der Waals surface area contributed by atoms with Gasteiger partial charge in [-0.3, -0.25) is 0 Å². The molecule has 3 rings (SSSR count). The van der Waals surface area contributed by atoms with Gasteiger partial charge in [-0.15, -0.1) is 0 Å². The minimum Gasteiger partial charge on any atom is -0.380 e. The third-order valence-corrected chi connectivity index (χ3v) is 4.42. The number of nitrogens with one attached hydrogen (secondary N) is 2. The van der Waals surface area contributed by atoms with Gasteiger partial charge in [-0.05, 0) is 25.3 Å². The molecule has 0 aromatic carbocycles. The van der Waals surface area contributed by atoms with Gasteiger partial charge in [0.05, 0.1) is 19.3 Å². The predicted octanol–water partition coefficient (Wildman–Crippen LogP) is 1.79. The van der Waals surface area contributed by atoms with Crippen LogP contribution in [0.3, 0.4) is 0 Å². The molecule has 0 bridgehead atoms. The van der Waals surface area contributed by atoms with E-state index in [1.807, 2.05) is 6.20 Å². The van der Waals surface area contributed by atoms with Crippen LogP contribution in [0.25, 0.3) is 0 Å². The number of hydrogen-bond donors (Lipinski definition) is 4. The fourth-order valence-electron chi connectivity index (χ4n) is 3.05. The van der Waals surface area contributed by atoms with E-state index in [-0.39, 0.29) is 6.04 Å². The van der Waals surface area contributed by atoms with E-state index in [1.54, 1.807) is 18.9 Å². The molecule has 7 nitrogen and oxygen atoms in total. The Morgan fingerprint density at radius 3 is 2.36 bits per heavy atom. The molecular formula is C18H32N6O. The highest BCUT2D eigenvalue weighted by Crippen LogP contribution is 2.23. The van der Waals surface area contributed by atoms with Crippen molar-refractivity contribution >= 4 is 0 Å². The lowest BCUT2D eigenvalue weighted by Crippen LogP contribution is -2.30. The average molecular weight is 348 g/mol. The average Bonchev–Trinajstić information content (AvgIpc) is 3.31. The highest BCUT2D eigenvalue weighted by molar-refractivity contribution is 4.97. The topological polar surface area (TPSA) is 119 Å². The summed E-state index contributed by atoms with van der Waals surface area (Å²) in [5.41, 5.74) is 13.5. The van der Waals surface area contributed by atoms with E-state index in [2.05, 4.69) is 19.9 Å². The van der Waals surface area contributed by atoms with Crippen molar-refractivity contribution in [3.8, 4) is 0 Å². The molecule has 0 spiro atoms. The Hall–Kier alpha value is -1.70. The summed E-state index contributed by atoms with van der Waals surface area (Å²) < 4.78 is 5.72. The van der Waals surface area contributed by atoms with Gasteiger partial charge in [0.1, 0.15) is 0 Å². The number of nitrogens with two attached hydrogens (primary N) is 2. The first kappa shape index (κ1) is 19.6. The van der Waals surface area contributed by atoms with E-state index in [0.29, 0.717) is 13.2 Å². The number of hydrogen-bond acceptors (Lipinski definition) is 5. The summed E-state index contributed by atoms with van der Waals surface area (Å²) in [6.45, 7) is 2.22. The molecular weight excluding hydrogens is 316 g/mol. The van der Waals surface area contributed by atoms with Gasteiger partial charge in [0, 0.05) is 49.3 Å². The van der Waals surface area contributed by atoms with Crippen molar-refractivity contribution in [2.24, 2.45) is 17.4 Å². The van der Waals surface area contributed by atoms with E-state index in [1.165, 1.54) is 32.1 Å². The maximum Gasteiger partial charge on any atom is 0.0921 e. The summed E-state index contributed by atoms with van der Waals surface area (Å²) in [4.78, 5) is 13.8. The standard InChI is InChI=1S/C13H23N3O.C5H9N3/c14-12(6-13-7-15-10-16-13)9-17-8-11-4-2-1-3-5-11;6-2-1-5-3-7-4-8-5/h7,10-12H,1-6,8-9,14H2,(H,15,16);3-4H,1-2,6H2,(H,7,8)/t12-;/m0./s1. The Kier molecular flexibility index (Phi) is 9.25. The van der Waals surface area contributed by atoms with Crippen molar-refractivity contribution in [3.05, 3.63) is 36.4 Å². The van der Waals surface area contributed by atoms with Gasteiger partial charge < -0.3 is 26.2 Å². The Morgan fingerprint density at radius 2 is 1.76 bits per heavy atom. The van der Waals surface area contributed by atoms with E-state index in [9.17, 15) is 0 Å². The molecule has 2 aromatic heterocycles. The Bertz CT molecular complexity index is 522. The molecule has 0 aliphatic heterocycles. The van der Waals surface area contributed by atoms with Crippen molar-refractivity contribution in [1.82, 2.24) is 19.9 Å². The Labute approximate surface area is 150 Å². The smallest absolute Gasteiger partial charge is 0.0921 e. The highest BCUT2D eigenvalue weighted by atomic mass is 16.5. The third kappa shape index (κ3) is 8.29. The van der Waals surface area contributed by atoms with Crippen LogP contribution in [0.15, 0.2) is 25.0 Å². The molecule has 0 amide bonds. The van der Waals surface area contributed by atoms with Crippen LogP contribution < -0.4 is 11.5 Å². The largest absolute Gasteiger partial charge is 0.380 e. The van der Waals surface area contributed by atoms with Crippen LogP contribution in [-0.4, -0.2) is 45.7 Å². The summed E-state index contributed by atoms with van der Waals surface area (Å²) in [5, 5.41) is 0. The first-order chi connectivity index (χ1) is 12.3. The fourth-order valence-corrected chi connectivity index (χ4v) is 3.05. The molecule has 7 heteroatoms.